The van der Waals surface area contributed by atoms with Gasteiger partial charge in [0.1, 0.15) is 0 Å². The molecule has 2 saturated heterocycles. The van der Waals surface area contributed by atoms with Crippen LogP contribution in [-0.4, -0.2) is 42.5 Å². The summed E-state index contributed by atoms with van der Waals surface area (Å²) in [5.41, 5.74) is 8.19. The van der Waals surface area contributed by atoms with Gasteiger partial charge in [0.2, 0.25) is 5.91 Å². The molecule has 1 aromatic rings. The van der Waals surface area contributed by atoms with Crippen molar-refractivity contribution < 1.29 is 4.79 Å². The number of aryl methyl sites for hydroxylation is 1. The Morgan fingerprint density at radius 1 is 1.29 bits per heavy atom. The van der Waals surface area contributed by atoms with Crippen molar-refractivity contribution >= 4 is 11.6 Å². The van der Waals surface area contributed by atoms with E-state index in [1.165, 1.54) is 31.5 Å². The third-order valence-corrected chi connectivity index (χ3v) is 5.08. The van der Waals surface area contributed by atoms with E-state index in [0.29, 0.717) is 11.6 Å². The third-order valence-electron chi connectivity index (χ3n) is 5.08. The molecule has 2 fully saturated rings. The first-order chi connectivity index (χ1) is 10.1. The highest BCUT2D eigenvalue weighted by Crippen LogP contribution is 2.29. The average Bonchev–Trinajstić information content (AvgIpc) is 3.06. The first kappa shape index (κ1) is 14.4. The summed E-state index contributed by atoms with van der Waals surface area (Å²) in [7, 11) is 0. The number of primary amides is 1. The Bertz CT molecular complexity index is 543. The van der Waals surface area contributed by atoms with Gasteiger partial charge in [0.25, 0.3) is 0 Å². The van der Waals surface area contributed by atoms with Gasteiger partial charge < -0.3 is 10.6 Å². The van der Waals surface area contributed by atoms with E-state index in [4.69, 9.17) is 5.73 Å². The maximum absolute atomic E-state index is 11.3. The monoisotopic (exact) mass is 287 g/mol. The van der Waals surface area contributed by atoms with E-state index in [2.05, 4.69) is 22.8 Å². The molecule has 2 aliphatic rings. The van der Waals surface area contributed by atoms with Gasteiger partial charge in [0, 0.05) is 36.4 Å². The molecule has 2 aliphatic heterocycles. The van der Waals surface area contributed by atoms with Crippen LogP contribution in [0.1, 0.15) is 42.1 Å². The molecule has 0 radical (unpaired) electrons. The van der Waals surface area contributed by atoms with Gasteiger partial charge in [0.05, 0.1) is 0 Å². The number of benzene rings is 1. The van der Waals surface area contributed by atoms with Crippen molar-refractivity contribution in [3.05, 3.63) is 29.3 Å². The lowest BCUT2D eigenvalue weighted by molar-refractivity contribution is 0.0999. The Balaban J connectivity index is 1.71. The Hall–Kier alpha value is -1.55. The van der Waals surface area contributed by atoms with Crippen LogP contribution >= 0.6 is 0 Å². The number of carbonyl (C=O) groups excluding carboxylic acids is 1. The van der Waals surface area contributed by atoms with Crippen molar-refractivity contribution in [2.75, 3.05) is 24.5 Å². The van der Waals surface area contributed by atoms with Crippen molar-refractivity contribution in [1.29, 1.82) is 0 Å². The van der Waals surface area contributed by atoms with Crippen LogP contribution in [-0.2, 0) is 0 Å². The Morgan fingerprint density at radius 3 is 2.71 bits per heavy atom. The Morgan fingerprint density at radius 2 is 2.10 bits per heavy atom. The van der Waals surface area contributed by atoms with Crippen LogP contribution in [0.4, 0.5) is 5.69 Å². The van der Waals surface area contributed by atoms with E-state index in [9.17, 15) is 4.79 Å². The van der Waals surface area contributed by atoms with E-state index in [0.717, 1.165) is 24.7 Å². The number of carbonyl (C=O) groups is 1. The van der Waals surface area contributed by atoms with Crippen LogP contribution in [0.25, 0.3) is 0 Å². The zero-order valence-corrected chi connectivity index (χ0v) is 13.0. The second-order valence-corrected chi connectivity index (χ2v) is 6.48. The molecule has 0 bridgehead atoms. The molecule has 0 unspecified atom stereocenters. The number of likely N-dealkylation sites (tertiary alicyclic amines) is 1. The quantitative estimate of drug-likeness (QED) is 0.927. The molecule has 4 nitrogen and oxygen atoms in total. The van der Waals surface area contributed by atoms with Crippen LogP contribution in [0.2, 0.25) is 0 Å². The lowest BCUT2D eigenvalue weighted by atomic mass is 10.1. The molecule has 1 aromatic carbocycles. The fourth-order valence-corrected chi connectivity index (χ4v) is 3.87. The van der Waals surface area contributed by atoms with E-state index >= 15 is 0 Å². The predicted octanol–water partition coefficient (Wildman–Crippen LogP) is 2.16. The highest BCUT2D eigenvalue weighted by atomic mass is 16.1. The van der Waals surface area contributed by atoms with Crippen LogP contribution in [0.3, 0.4) is 0 Å². The third kappa shape index (κ3) is 2.77. The molecule has 0 spiro atoms. The van der Waals surface area contributed by atoms with Gasteiger partial charge in [-0.15, -0.1) is 0 Å². The number of rotatable bonds is 3. The summed E-state index contributed by atoms with van der Waals surface area (Å²) in [5.74, 6) is -0.343. The first-order valence-corrected chi connectivity index (χ1v) is 7.97. The van der Waals surface area contributed by atoms with Crippen LogP contribution < -0.4 is 10.6 Å². The lowest BCUT2D eigenvalue weighted by Gasteiger charge is -2.28. The largest absolute Gasteiger partial charge is 0.370 e. The highest BCUT2D eigenvalue weighted by molar-refractivity contribution is 5.94. The lowest BCUT2D eigenvalue weighted by Crippen LogP contribution is -2.39. The second kappa shape index (κ2) is 5.68. The number of nitrogens with two attached hydrogens (primary N) is 1. The van der Waals surface area contributed by atoms with Crippen molar-refractivity contribution in [3.63, 3.8) is 0 Å². The molecule has 0 aromatic heterocycles. The minimum Gasteiger partial charge on any atom is -0.370 e. The van der Waals surface area contributed by atoms with E-state index in [1.807, 2.05) is 19.1 Å². The number of amides is 1. The summed E-state index contributed by atoms with van der Waals surface area (Å²) < 4.78 is 0. The van der Waals surface area contributed by atoms with E-state index < -0.39 is 0 Å². The molecule has 21 heavy (non-hydrogen) atoms. The van der Waals surface area contributed by atoms with Gasteiger partial charge in [0.15, 0.2) is 0 Å². The molecular formula is C17H25N3O. The molecule has 2 heterocycles. The minimum atomic E-state index is -0.343. The number of hydrogen-bond donors (Lipinski definition) is 1. The summed E-state index contributed by atoms with van der Waals surface area (Å²) in [4.78, 5) is 16.4. The topological polar surface area (TPSA) is 49.6 Å². The van der Waals surface area contributed by atoms with E-state index in [1.54, 1.807) is 0 Å². The van der Waals surface area contributed by atoms with Gasteiger partial charge in [-0.1, -0.05) is 0 Å². The van der Waals surface area contributed by atoms with Crippen molar-refractivity contribution in [3.8, 4) is 0 Å². The number of nitrogens with zero attached hydrogens (tertiary/aromatic N) is 2. The summed E-state index contributed by atoms with van der Waals surface area (Å²) in [6.07, 6.45) is 3.91. The summed E-state index contributed by atoms with van der Waals surface area (Å²) >= 11 is 0. The molecule has 3 rings (SSSR count). The molecule has 4 heteroatoms. The van der Waals surface area contributed by atoms with E-state index in [-0.39, 0.29) is 5.91 Å². The average molecular weight is 287 g/mol. The summed E-state index contributed by atoms with van der Waals surface area (Å²) in [5, 5.41) is 0. The fourth-order valence-electron chi connectivity index (χ4n) is 3.87. The molecule has 1 amide bonds. The zero-order valence-electron chi connectivity index (χ0n) is 13.0. The molecule has 114 valence electrons. The van der Waals surface area contributed by atoms with Crippen molar-refractivity contribution in [2.24, 2.45) is 5.73 Å². The van der Waals surface area contributed by atoms with Gasteiger partial charge in [-0.2, -0.15) is 0 Å². The second-order valence-electron chi connectivity index (χ2n) is 6.48. The summed E-state index contributed by atoms with van der Waals surface area (Å²) in [6, 6.07) is 7.39. The van der Waals surface area contributed by atoms with Gasteiger partial charge >= 0.3 is 0 Å². The summed E-state index contributed by atoms with van der Waals surface area (Å²) in [6.45, 7) is 7.75. The smallest absolute Gasteiger partial charge is 0.248 e. The standard InChI is InChI=1S/C17H25N3O/c1-12-10-14(5-6-16(12)17(18)21)19-9-7-15(11-19)20-8-3-4-13(20)2/h5-6,10,13,15H,3-4,7-9,11H2,1-2H3,(H2,18,21)/t13-,15-/m0/s1. The van der Waals surface area contributed by atoms with Crippen LogP contribution in [0, 0.1) is 6.92 Å². The molecule has 2 atom stereocenters. The molecule has 0 aliphatic carbocycles. The predicted molar refractivity (Wildman–Crippen MR) is 85.7 cm³/mol. The van der Waals surface area contributed by atoms with Gasteiger partial charge in [-0.3, -0.25) is 9.69 Å². The number of hydrogen-bond acceptors (Lipinski definition) is 3. The van der Waals surface area contributed by atoms with Gasteiger partial charge in [-0.05, 0) is 63.4 Å². The highest BCUT2D eigenvalue weighted by Gasteiger charge is 2.32. The normalized spacial score (nSPS) is 26.5. The zero-order chi connectivity index (χ0) is 15.0. The SMILES string of the molecule is Cc1cc(N2CC[C@H](N3CCC[C@@H]3C)C2)ccc1C(N)=O. The minimum absolute atomic E-state index is 0.343. The van der Waals surface area contributed by atoms with Gasteiger partial charge in [-0.25, -0.2) is 0 Å². The maximum Gasteiger partial charge on any atom is 0.248 e. The van der Waals surface area contributed by atoms with Crippen LogP contribution in [0.15, 0.2) is 18.2 Å². The maximum atomic E-state index is 11.3. The van der Waals surface area contributed by atoms with Crippen molar-refractivity contribution in [1.82, 2.24) is 4.90 Å². The van der Waals surface area contributed by atoms with Crippen LogP contribution in [0.5, 0.6) is 0 Å². The Kier molecular flexibility index (Phi) is 3.89. The fraction of sp³-hybridized carbons (Fsp3) is 0.588. The Labute approximate surface area is 126 Å². The molecular weight excluding hydrogens is 262 g/mol. The van der Waals surface area contributed by atoms with Crippen molar-refractivity contribution in [2.45, 2.75) is 45.2 Å². The molecule has 0 saturated carbocycles. The first-order valence-electron chi connectivity index (χ1n) is 7.97. The number of anilines is 1. The molecule has 2 N–H and O–H groups in total.